The molecule has 0 amide bonds. The van der Waals surface area contributed by atoms with Gasteiger partial charge in [-0.15, -0.1) is 0 Å². The second kappa shape index (κ2) is 4.50. The van der Waals surface area contributed by atoms with Crippen molar-refractivity contribution in [1.29, 1.82) is 5.41 Å². The smallest absolute Gasteiger partial charge is 0.255 e. The number of hydrogen-bond acceptors (Lipinski definition) is 5. The predicted octanol–water partition coefficient (Wildman–Crippen LogP) is -0.277. The molecule has 0 fully saturated rings. The molecule has 1 aromatic carbocycles. The number of ether oxygens (including phenoxy) is 1. The molecule has 1 atom stereocenters. The lowest BCUT2D eigenvalue weighted by atomic mass is 10.3. The Labute approximate surface area is 93.1 Å². The number of aliphatic hydroxyl groups excluding tert-OH is 1. The van der Waals surface area contributed by atoms with Crippen molar-refractivity contribution in [2.75, 3.05) is 6.26 Å². The van der Waals surface area contributed by atoms with Gasteiger partial charge in [0.2, 0.25) is 0 Å². The summed E-state index contributed by atoms with van der Waals surface area (Å²) in [5.74, 6) is -0.290. The molecule has 0 radical (unpaired) electrons. The van der Waals surface area contributed by atoms with E-state index in [0.29, 0.717) is 0 Å². The molecule has 7 heteroatoms. The Bertz CT molecular complexity index is 481. The van der Waals surface area contributed by atoms with Gasteiger partial charge in [-0.3, -0.25) is 5.41 Å². The molecule has 0 heterocycles. The summed E-state index contributed by atoms with van der Waals surface area (Å²) in [6.45, 7) is 0. The van der Waals surface area contributed by atoms with Gasteiger partial charge in [0.1, 0.15) is 5.75 Å². The minimum absolute atomic E-state index is 0.150. The van der Waals surface area contributed by atoms with Gasteiger partial charge < -0.3 is 15.6 Å². The maximum absolute atomic E-state index is 11.1. The monoisotopic (exact) mass is 244 g/mol. The van der Waals surface area contributed by atoms with Crippen LogP contribution in [-0.4, -0.2) is 31.9 Å². The zero-order valence-corrected chi connectivity index (χ0v) is 9.36. The van der Waals surface area contributed by atoms with Crippen LogP contribution in [0.25, 0.3) is 0 Å². The standard InChI is InChI=1S/C9H12N2O4S/c1-16(13,14)7-4-2-6(3-5-7)15-9(12)8(10)11/h2-5,9,12H,1H3,(H3,10,11). The van der Waals surface area contributed by atoms with Gasteiger partial charge in [-0.05, 0) is 24.3 Å². The van der Waals surface area contributed by atoms with E-state index in [-0.39, 0.29) is 10.6 Å². The van der Waals surface area contributed by atoms with Crippen LogP contribution in [-0.2, 0) is 9.84 Å². The van der Waals surface area contributed by atoms with Gasteiger partial charge in [-0.1, -0.05) is 0 Å². The topological polar surface area (TPSA) is 113 Å². The average molecular weight is 244 g/mol. The quantitative estimate of drug-likeness (QED) is 0.383. The largest absolute Gasteiger partial charge is 0.457 e. The zero-order valence-electron chi connectivity index (χ0n) is 8.54. The zero-order chi connectivity index (χ0) is 12.3. The molecule has 0 aliphatic carbocycles. The Morgan fingerprint density at radius 3 is 2.31 bits per heavy atom. The van der Waals surface area contributed by atoms with Crippen LogP contribution in [0.1, 0.15) is 0 Å². The summed E-state index contributed by atoms with van der Waals surface area (Å²) in [7, 11) is -3.25. The van der Waals surface area contributed by atoms with E-state index in [1.165, 1.54) is 24.3 Å². The summed E-state index contributed by atoms with van der Waals surface area (Å²) in [5, 5.41) is 16.0. The fourth-order valence-electron chi connectivity index (χ4n) is 0.958. The second-order valence-corrected chi connectivity index (χ2v) is 5.18. The molecule has 0 saturated heterocycles. The highest BCUT2D eigenvalue weighted by atomic mass is 32.2. The first-order valence-electron chi connectivity index (χ1n) is 4.29. The number of aliphatic hydroxyl groups is 1. The lowest BCUT2D eigenvalue weighted by Crippen LogP contribution is -2.32. The number of amidine groups is 1. The van der Waals surface area contributed by atoms with Crippen LogP contribution in [0.2, 0.25) is 0 Å². The number of rotatable bonds is 4. The van der Waals surface area contributed by atoms with Crippen LogP contribution in [0.5, 0.6) is 5.75 Å². The lowest BCUT2D eigenvalue weighted by Gasteiger charge is -2.11. The molecule has 0 spiro atoms. The van der Waals surface area contributed by atoms with Gasteiger partial charge in [0.05, 0.1) is 4.90 Å². The van der Waals surface area contributed by atoms with E-state index >= 15 is 0 Å². The molecule has 0 aromatic heterocycles. The van der Waals surface area contributed by atoms with Crippen LogP contribution < -0.4 is 10.5 Å². The number of benzene rings is 1. The van der Waals surface area contributed by atoms with Gasteiger partial charge in [-0.2, -0.15) is 0 Å². The van der Waals surface area contributed by atoms with Crippen molar-refractivity contribution in [3.05, 3.63) is 24.3 Å². The summed E-state index contributed by atoms with van der Waals surface area (Å²) in [4.78, 5) is 0.150. The Hall–Kier alpha value is -1.60. The molecule has 16 heavy (non-hydrogen) atoms. The summed E-state index contributed by atoms with van der Waals surface area (Å²) in [6, 6.07) is 5.44. The van der Waals surface area contributed by atoms with Gasteiger partial charge >= 0.3 is 0 Å². The fraction of sp³-hybridized carbons (Fsp3) is 0.222. The third-order valence-electron chi connectivity index (χ3n) is 1.77. The van der Waals surface area contributed by atoms with Crippen molar-refractivity contribution in [1.82, 2.24) is 0 Å². The molecule has 1 rings (SSSR count). The minimum Gasteiger partial charge on any atom is -0.457 e. The van der Waals surface area contributed by atoms with Gasteiger partial charge in [-0.25, -0.2) is 8.42 Å². The lowest BCUT2D eigenvalue weighted by molar-refractivity contribution is 0.0401. The summed E-state index contributed by atoms with van der Waals surface area (Å²) < 4.78 is 27.1. The van der Waals surface area contributed by atoms with Crippen molar-refractivity contribution in [3.8, 4) is 5.75 Å². The molecule has 0 saturated carbocycles. The minimum atomic E-state index is -3.25. The number of nitrogens with one attached hydrogen (secondary N) is 1. The van der Waals surface area contributed by atoms with Crippen LogP contribution in [0.15, 0.2) is 29.2 Å². The molecular formula is C9H12N2O4S. The van der Waals surface area contributed by atoms with Gasteiger partial charge in [0.25, 0.3) is 6.29 Å². The highest BCUT2D eigenvalue weighted by Gasteiger charge is 2.10. The first-order valence-corrected chi connectivity index (χ1v) is 6.18. The average Bonchev–Trinajstić information content (AvgIpc) is 2.17. The van der Waals surface area contributed by atoms with Crippen LogP contribution in [0, 0.1) is 5.41 Å². The summed E-state index contributed by atoms with van der Waals surface area (Å²) in [5.41, 5.74) is 5.00. The van der Waals surface area contributed by atoms with E-state index < -0.39 is 22.0 Å². The van der Waals surface area contributed by atoms with Crippen molar-refractivity contribution in [2.24, 2.45) is 5.73 Å². The van der Waals surface area contributed by atoms with Crippen LogP contribution in [0.3, 0.4) is 0 Å². The van der Waals surface area contributed by atoms with E-state index in [9.17, 15) is 8.42 Å². The molecular weight excluding hydrogens is 232 g/mol. The highest BCUT2D eigenvalue weighted by molar-refractivity contribution is 7.90. The maximum Gasteiger partial charge on any atom is 0.255 e. The SMILES string of the molecule is CS(=O)(=O)c1ccc(OC(O)C(=N)N)cc1. The Morgan fingerprint density at radius 2 is 1.94 bits per heavy atom. The van der Waals surface area contributed by atoms with Crippen molar-refractivity contribution >= 4 is 15.7 Å². The number of hydrogen-bond donors (Lipinski definition) is 3. The van der Waals surface area contributed by atoms with E-state index in [2.05, 4.69) is 0 Å². The predicted molar refractivity (Wildman–Crippen MR) is 58.1 cm³/mol. The van der Waals surface area contributed by atoms with Crippen molar-refractivity contribution in [3.63, 3.8) is 0 Å². The van der Waals surface area contributed by atoms with Gasteiger partial charge in [0, 0.05) is 6.26 Å². The Kier molecular flexibility index (Phi) is 3.51. The number of sulfone groups is 1. The normalized spacial score (nSPS) is 13.1. The van der Waals surface area contributed by atoms with Gasteiger partial charge in [0.15, 0.2) is 15.7 Å². The van der Waals surface area contributed by atoms with Crippen molar-refractivity contribution < 1.29 is 18.3 Å². The van der Waals surface area contributed by atoms with Crippen LogP contribution in [0.4, 0.5) is 0 Å². The molecule has 0 bridgehead atoms. The van der Waals surface area contributed by atoms with E-state index in [0.717, 1.165) is 6.26 Å². The third-order valence-corrected chi connectivity index (χ3v) is 2.89. The van der Waals surface area contributed by atoms with E-state index in [4.69, 9.17) is 21.0 Å². The molecule has 88 valence electrons. The summed E-state index contributed by atoms with van der Waals surface area (Å²) >= 11 is 0. The maximum atomic E-state index is 11.1. The Morgan fingerprint density at radius 1 is 1.44 bits per heavy atom. The fourth-order valence-corrected chi connectivity index (χ4v) is 1.59. The molecule has 4 N–H and O–H groups in total. The molecule has 1 aromatic rings. The van der Waals surface area contributed by atoms with E-state index in [1.54, 1.807) is 0 Å². The van der Waals surface area contributed by atoms with E-state index in [1.807, 2.05) is 0 Å². The van der Waals surface area contributed by atoms with Crippen LogP contribution >= 0.6 is 0 Å². The number of nitrogens with two attached hydrogens (primary N) is 1. The highest BCUT2D eigenvalue weighted by Crippen LogP contribution is 2.16. The molecule has 6 nitrogen and oxygen atoms in total. The third kappa shape index (κ3) is 3.21. The molecule has 0 aliphatic heterocycles. The first kappa shape index (κ1) is 12.5. The second-order valence-electron chi connectivity index (χ2n) is 3.17. The first-order chi connectivity index (χ1) is 7.30. The van der Waals surface area contributed by atoms with Crippen molar-refractivity contribution in [2.45, 2.75) is 11.2 Å². The molecule has 0 aliphatic rings. The summed E-state index contributed by atoms with van der Waals surface area (Å²) in [6.07, 6.45) is -0.433. The molecule has 1 unspecified atom stereocenters. The Balaban J connectivity index is 2.84.